The molecule has 1 aliphatic rings. The molecule has 1 aliphatic heterocycles. The van der Waals surface area contributed by atoms with Crippen LogP contribution in [0.2, 0.25) is 0 Å². The molecule has 1 atom stereocenters. The number of nitrogens with two attached hydrogens (primary N) is 1. The first-order valence-corrected chi connectivity index (χ1v) is 5.92. The molecule has 17 heavy (non-hydrogen) atoms. The molecule has 1 heterocycles. The average Bonchev–Trinajstić information content (AvgIpc) is 2.77. The molecule has 1 fully saturated rings. The molecule has 0 aliphatic carbocycles. The first kappa shape index (κ1) is 13.8. The fraction of sp³-hybridized carbons (Fsp3) is 0.818. The molecule has 0 radical (unpaired) electrons. The second-order valence-corrected chi connectivity index (χ2v) is 4.55. The summed E-state index contributed by atoms with van der Waals surface area (Å²) >= 11 is 0. The van der Waals surface area contributed by atoms with E-state index < -0.39 is 0 Å². The van der Waals surface area contributed by atoms with E-state index in [9.17, 15) is 4.79 Å². The summed E-state index contributed by atoms with van der Waals surface area (Å²) in [5.74, 6) is 0.0258. The van der Waals surface area contributed by atoms with Gasteiger partial charge in [-0.1, -0.05) is 5.16 Å². The molecular weight excluding hydrogens is 222 g/mol. The van der Waals surface area contributed by atoms with Crippen LogP contribution in [0.5, 0.6) is 0 Å². The predicted octanol–water partition coefficient (Wildman–Crippen LogP) is 0.539. The zero-order valence-electron chi connectivity index (χ0n) is 10.4. The Morgan fingerprint density at radius 2 is 2.35 bits per heavy atom. The number of ether oxygens (including phenoxy) is 1. The van der Waals surface area contributed by atoms with Crippen LogP contribution in [0.1, 0.15) is 33.1 Å². The van der Waals surface area contributed by atoms with Crippen molar-refractivity contribution in [2.75, 3.05) is 13.2 Å². The van der Waals surface area contributed by atoms with Crippen LogP contribution in [-0.2, 0) is 9.53 Å². The van der Waals surface area contributed by atoms with Crippen molar-refractivity contribution in [1.29, 1.82) is 0 Å². The third-order valence-electron chi connectivity index (χ3n) is 2.83. The maximum atomic E-state index is 12.0. The summed E-state index contributed by atoms with van der Waals surface area (Å²) in [4.78, 5) is 13.6. The summed E-state index contributed by atoms with van der Waals surface area (Å²) in [6.07, 6.45) is 2.34. The van der Waals surface area contributed by atoms with Crippen molar-refractivity contribution >= 4 is 11.7 Å². The third-order valence-corrected chi connectivity index (χ3v) is 2.83. The highest BCUT2D eigenvalue weighted by molar-refractivity contribution is 5.87. The lowest BCUT2D eigenvalue weighted by molar-refractivity contribution is -0.134. The Bertz CT molecular complexity index is 286. The molecular formula is C11H21N3O3. The van der Waals surface area contributed by atoms with Crippen LogP contribution in [0.15, 0.2) is 5.16 Å². The van der Waals surface area contributed by atoms with Gasteiger partial charge in [0.05, 0.1) is 19.1 Å². The Balaban J connectivity index is 2.53. The van der Waals surface area contributed by atoms with Crippen LogP contribution >= 0.6 is 0 Å². The lowest BCUT2D eigenvalue weighted by Gasteiger charge is -2.27. The lowest BCUT2D eigenvalue weighted by Crippen LogP contribution is -2.43. The Kier molecular flexibility index (Phi) is 5.21. The number of nitrogens with zero attached hydrogens (tertiary/aromatic N) is 2. The molecule has 98 valence electrons. The van der Waals surface area contributed by atoms with Crippen LogP contribution in [0.25, 0.3) is 0 Å². The van der Waals surface area contributed by atoms with Crippen molar-refractivity contribution < 1.29 is 14.7 Å². The fourth-order valence-corrected chi connectivity index (χ4v) is 1.88. The minimum absolute atomic E-state index is 0.0153. The summed E-state index contributed by atoms with van der Waals surface area (Å²) in [5, 5.41) is 11.4. The highest BCUT2D eigenvalue weighted by atomic mass is 16.5. The van der Waals surface area contributed by atoms with Crippen molar-refractivity contribution in [3.63, 3.8) is 0 Å². The Morgan fingerprint density at radius 3 is 2.82 bits per heavy atom. The van der Waals surface area contributed by atoms with Gasteiger partial charge in [-0.25, -0.2) is 0 Å². The predicted molar refractivity (Wildman–Crippen MR) is 63.8 cm³/mol. The smallest absolute Gasteiger partial charge is 0.225 e. The zero-order chi connectivity index (χ0) is 12.8. The highest BCUT2D eigenvalue weighted by Gasteiger charge is 2.24. The van der Waals surface area contributed by atoms with Crippen LogP contribution < -0.4 is 5.73 Å². The first-order chi connectivity index (χ1) is 8.04. The van der Waals surface area contributed by atoms with Crippen LogP contribution in [0, 0.1) is 0 Å². The number of hydrogen-bond donors (Lipinski definition) is 2. The third kappa shape index (κ3) is 4.22. The molecule has 1 unspecified atom stereocenters. The van der Waals surface area contributed by atoms with Gasteiger partial charge in [0.2, 0.25) is 5.91 Å². The number of carbonyl (C=O) groups is 1. The van der Waals surface area contributed by atoms with Crippen molar-refractivity contribution in [1.82, 2.24) is 4.90 Å². The van der Waals surface area contributed by atoms with Gasteiger partial charge in [0.1, 0.15) is 0 Å². The van der Waals surface area contributed by atoms with Gasteiger partial charge in [0.15, 0.2) is 5.84 Å². The highest BCUT2D eigenvalue weighted by Crippen LogP contribution is 2.17. The van der Waals surface area contributed by atoms with Crippen molar-refractivity contribution in [2.24, 2.45) is 10.9 Å². The topological polar surface area (TPSA) is 88.1 Å². The summed E-state index contributed by atoms with van der Waals surface area (Å²) in [5.41, 5.74) is 5.43. The van der Waals surface area contributed by atoms with E-state index in [1.54, 1.807) is 4.90 Å². The maximum Gasteiger partial charge on any atom is 0.225 e. The number of hydrogen-bond acceptors (Lipinski definition) is 4. The summed E-state index contributed by atoms with van der Waals surface area (Å²) < 4.78 is 5.43. The molecule has 0 aromatic rings. The standard InChI is InChI=1S/C11H21N3O3/c1-8(2)14(7-10(12)13-16)11(15)6-9-4-3-5-17-9/h8-9,16H,3-7H2,1-2H3,(H2,12,13). The SMILES string of the molecule is CC(C)N(CC(N)=NO)C(=O)CC1CCCO1. The van der Waals surface area contributed by atoms with E-state index in [0.717, 1.165) is 19.4 Å². The minimum atomic E-state index is -0.0153. The summed E-state index contributed by atoms with van der Waals surface area (Å²) in [6.45, 7) is 4.69. The molecule has 3 N–H and O–H groups in total. The van der Waals surface area contributed by atoms with Crippen LogP contribution in [0.3, 0.4) is 0 Å². The lowest BCUT2D eigenvalue weighted by atomic mass is 10.1. The Morgan fingerprint density at radius 1 is 1.65 bits per heavy atom. The first-order valence-electron chi connectivity index (χ1n) is 5.92. The van der Waals surface area contributed by atoms with Crippen LogP contribution in [0.4, 0.5) is 0 Å². The molecule has 0 spiro atoms. The largest absolute Gasteiger partial charge is 0.409 e. The van der Waals surface area contributed by atoms with E-state index in [2.05, 4.69) is 5.16 Å². The van der Waals surface area contributed by atoms with Gasteiger partial charge in [-0.15, -0.1) is 0 Å². The zero-order valence-corrected chi connectivity index (χ0v) is 10.4. The van der Waals surface area contributed by atoms with Gasteiger partial charge < -0.3 is 20.6 Å². The van der Waals surface area contributed by atoms with Crippen molar-refractivity contribution in [3.8, 4) is 0 Å². The number of oxime groups is 1. The molecule has 1 saturated heterocycles. The Hall–Kier alpha value is -1.30. The second-order valence-electron chi connectivity index (χ2n) is 4.55. The van der Waals surface area contributed by atoms with Gasteiger partial charge in [-0.05, 0) is 26.7 Å². The quantitative estimate of drug-likeness (QED) is 0.319. The summed E-state index contributed by atoms with van der Waals surface area (Å²) in [7, 11) is 0. The molecule has 0 aromatic heterocycles. The van der Waals surface area contributed by atoms with Gasteiger partial charge in [-0.2, -0.15) is 0 Å². The molecule has 0 aromatic carbocycles. The number of carbonyl (C=O) groups excluding carboxylic acids is 1. The van der Waals surface area contributed by atoms with Crippen molar-refractivity contribution in [2.45, 2.75) is 45.3 Å². The minimum Gasteiger partial charge on any atom is -0.409 e. The molecule has 1 amide bonds. The fourth-order valence-electron chi connectivity index (χ4n) is 1.88. The van der Waals surface area contributed by atoms with Crippen molar-refractivity contribution in [3.05, 3.63) is 0 Å². The Labute approximate surface area is 101 Å². The van der Waals surface area contributed by atoms with Gasteiger partial charge >= 0.3 is 0 Å². The maximum absolute atomic E-state index is 12.0. The van der Waals surface area contributed by atoms with E-state index in [0.29, 0.717) is 6.42 Å². The van der Waals surface area contributed by atoms with E-state index in [1.807, 2.05) is 13.8 Å². The van der Waals surface area contributed by atoms with E-state index >= 15 is 0 Å². The monoisotopic (exact) mass is 243 g/mol. The van der Waals surface area contributed by atoms with Gasteiger partial charge in [-0.3, -0.25) is 4.79 Å². The van der Waals surface area contributed by atoms with E-state index in [1.165, 1.54) is 0 Å². The molecule has 6 nitrogen and oxygen atoms in total. The van der Waals surface area contributed by atoms with Gasteiger partial charge in [0.25, 0.3) is 0 Å². The molecule has 1 rings (SSSR count). The molecule has 0 bridgehead atoms. The normalized spacial score (nSPS) is 20.9. The van der Waals surface area contributed by atoms with Crippen LogP contribution in [-0.4, -0.2) is 47.1 Å². The number of amidine groups is 1. The average molecular weight is 243 g/mol. The van der Waals surface area contributed by atoms with E-state index in [4.69, 9.17) is 15.7 Å². The molecule has 6 heteroatoms. The second kappa shape index (κ2) is 6.44. The van der Waals surface area contributed by atoms with E-state index in [-0.39, 0.29) is 30.4 Å². The van der Waals surface area contributed by atoms with Gasteiger partial charge in [0, 0.05) is 12.6 Å². The molecule has 0 saturated carbocycles. The summed E-state index contributed by atoms with van der Waals surface area (Å²) in [6, 6.07) is 0.0178. The number of rotatable bonds is 5. The number of amides is 1.